The number of aryl methyl sites for hydroxylation is 1. The quantitative estimate of drug-likeness (QED) is 0.402. The zero-order valence-corrected chi connectivity index (χ0v) is 22.1. The fourth-order valence-electron chi connectivity index (χ4n) is 4.18. The molecule has 1 N–H and O–H groups in total. The van der Waals surface area contributed by atoms with Crippen LogP contribution in [0.4, 0.5) is 13.2 Å². The summed E-state index contributed by atoms with van der Waals surface area (Å²) in [6.45, 7) is 14.3. The van der Waals surface area contributed by atoms with Crippen LogP contribution in [0.5, 0.6) is 5.75 Å². The number of hydrogen-bond acceptors (Lipinski definition) is 3. The van der Waals surface area contributed by atoms with E-state index in [1.807, 2.05) is 31.2 Å². The third-order valence-electron chi connectivity index (χ3n) is 7.21. The molecule has 0 spiro atoms. The van der Waals surface area contributed by atoms with Gasteiger partial charge in [-0.25, -0.2) is 0 Å². The molecule has 3 atom stereocenters. The molecule has 1 saturated heterocycles. The van der Waals surface area contributed by atoms with Gasteiger partial charge in [0.25, 0.3) is 0 Å². The minimum absolute atomic E-state index is 0.156. The summed E-state index contributed by atoms with van der Waals surface area (Å²) in [5.41, 5.74) is 1.48. The topological polar surface area (TPSA) is 30.5 Å². The highest BCUT2D eigenvalue weighted by Crippen LogP contribution is 2.39. The van der Waals surface area contributed by atoms with Gasteiger partial charge >= 0.3 is 6.18 Å². The number of hydrogen-bond donors (Lipinski definition) is 1. The third-order valence-corrected chi connectivity index (χ3v) is 11.7. The van der Waals surface area contributed by atoms with Crippen molar-refractivity contribution in [3.8, 4) is 5.75 Å². The summed E-state index contributed by atoms with van der Waals surface area (Å²) >= 11 is 0. The largest absolute Gasteiger partial charge is 0.486 e. The zero-order valence-electron chi connectivity index (χ0n) is 21.1. The fourth-order valence-corrected chi connectivity index (χ4v) is 5.58. The predicted octanol–water partition coefficient (Wildman–Crippen LogP) is 7.67. The van der Waals surface area contributed by atoms with Gasteiger partial charge in [0.2, 0.25) is 0 Å². The van der Waals surface area contributed by atoms with E-state index >= 15 is 0 Å². The molecule has 0 saturated carbocycles. The van der Waals surface area contributed by atoms with Gasteiger partial charge in [-0.2, -0.15) is 13.2 Å². The molecular formula is C27H38F3NO2Si. The van der Waals surface area contributed by atoms with Crippen LogP contribution in [0.25, 0.3) is 0 Å². The summed E-state index contributed by atoms with van der Waals surface area (Å²) in [7, 11) is -1.87. The van der Waals surface area contributed by atoms with Gasteiger partial charge in [0.1, 0.15) is 11.9 Å². The minimum atomic E-state index is -4.36. The van der Waals surface area contributed by atoms with Gasteiger partial charge in [-0.1, -0.05) is 45.0 Å². The molecule has 7 heteroatoms. The van der Waals surface area contributed by atoms with Crippen molar-refractivity contribution in [1.82, 2.24) is 5.32 Å². The Morgan fingerprint density at radius 2 is 1.68 bits per heavy atom. The Hall–Kier alpha value is -1.83. The Kier molecular flexibility index (Phi) is 8.20. The zero-order chi connectivity index (χ0) is 25.1. The van der Waals surface area contributed by atoms with Crippen LogP contribution in [-0.4, -0.2) is 27.0 Å². The standard InChI is InChI=1S/C27H38F3NO2Si/c1-19-9-7-8-10-24(19)25(32-22-13-11-20(12-14-22)27(28,29)30)18-21-17-23(15-16-31-21)33-34(5,6)26(2,3)4/h7-14,21,23,25,31H,15-18H2,1-6H3/t21-,23+,25-/m1/s1. The molecular weight excluding hydrogens is 455 g/mol. The van der Waals surface area contributed by atoms with Crippen molar-refractivity contribution < 1.29 is 22.3 Å². The van der Waals surface area contributed by atoms with Crippen LogP contribution < -0.4 is 10.1 Å². The lowest BCUT2D eigenvalue weighted by molar-refractivity contribution is -0.137. The molecule has 2 aromatic rings. The molecule has 0 aromatic heterocycles. The number of benzene rings is 2. The summed E-state index contributed by atoms with van der Waals surface area (Å²) in [5.74, 6) is 0.436. The molecule has 1 aliphatic heterocycles. The van der Waals surface area contributed by atoms with E-state index in [1.165, 1.54) is 12.1 Å². The molecule has 3 nitrogen and oxygen atoms in total. The maximum absolute atomic E-state index is 13.0. The van der Waals surface area contributed by atoms with Crippen molar-refractivity contribution in [2.45, 2.75) is 89.5 Å². The highest BCUT2D eigenvalue weighted by molar-refractivity contribution is 6.74. The summed E-state index contributed by atoms with van der Waals surface area (Å²) in [6, 6.07) is 13.2. The molecule has 1 heterocycles. The number of ether oxygens (including phenoxy) is 1. The number of rotatable bonds is 7. The van der Waals surface area contributed by atoms with Crippen molar-refractivity contribution in [3.63, 3.8) is 0 Å². The number of halogens is 3. The summed E-state index contributed by atoms with van der Waals surface area (Å²) in [5, 5.41) is 3.77. The highest BCUT2D eigenvalue weighted by Gasteiger charge is 2.40. The van der Waals surface area contributed by atoms with E-state index in [-0.39, 0.29) is 23.3 Å². The maximum Gasteiger partial charge on any atom is 0.416 e. The molecule has 3 rings (SSSR count). The van der Waals surface area contributed by atoms with Gasteiger partial charge < -0.3 is 14.5 Å². The van der Waals surface area contributed by atoms with Crippen molar-refractivity contribution >= 4 is 8.32 Å². The monoisotopic (exact) mass is 493 g/mol. The maximum atomic E-state index is 13.0. The highest BCUT2D eigenvalue weighted by atomic mass is 28.4. The van der Waals surface area contributed by atoms with Gasteiger partial charge in [0.05, 0.1) is 5.56 Å². The molecule has 188 valence electrons. The summed E-state index contributed by atoms with van der Waals surface area (Å²) < 4.78 is 51.9. The first-order valence-electron chi connectivity index (χ1n) is 12.1. The van der Waals surface area contributed by atoms with Crippen LogP contribution in [-0.2, 0) is 10.6 Å². The van der Waals surface area contributed by atoms with Crippen molar-refractivity contribution in [3.05, 3.63) is 65.2 Å². The van der Waals surface area contributed by atoms with Crippen LogP contribution in [0.1, 0.15) is 62.8 Å². The van der Waals surface area contributed by atoms with E-state index in [1.54, 1.807) is 0 Å². The number of nitrogens with one attached hydrogen (secondary N) is 1. The third kappa shape index (κ3) is 6.86. The normalized spacial score (nSPS) is 20.7. The first-order chi connectivity index (χ1) is 15.8. The number of alkyl halides is 3. The van der Waals surface area contributed by atoms with E-state index in [9.17, 15) is 13.2 Å². The van der Waals surface area contributed by atoms with Crippen molar-refractivity contribution in [2.75, 3.05) is 6.54 Å². The Morgan fingerprint density at radius 3 is 2.26 bits per heavy atom. The Bertz CT molecular complexity index is 938. The van der Waals surface area contributed by atoms with Gasteiger partial charge in [-0.3, -0.25) is 0 Å². The molecule has 2 aromatic carbocycles. The van der Waals surface area contributed by atoms with Crippen LogP contribution in [0, 0.1) is 6.92 Å². The second kappa shape index (κ2) is 10.4. The van der Waals surface area contributed by atoms with E-state index in [0.717, 1.165) is 42.6 Å². The second-order valence-electron chi connectivity index (χ2n) is 10.9. The van der Waals surface area contributed by atoms with E-state index in [4.69, 9.17) is 9.16 Å². The van der Waals surface area contributed by atoms with Crippen LogP contribution in [0.2, 0.25) is 18.1 Å². The lowest BCUT2D eigenvalue weighted by atomic mass is 9.92. The average Bonchev–Trinajstić information content (AvgIpc) is 2.72. The predicted molar refractivity (Wildman–Crippen MR) is 134 cm³/mol. The Labute approximate surface area is 203 Å². The van der Waals surface area contributed by atoms with E-state index < -0.39 is 20.1 Å². The molecule has 1 fully saturated rings. The molecule has 0 aliphatic carbocycles. The van der Waals surface area contributed by atoms with Crippen LogP contribution in [0.3, 0.4) is 0 Å². The van der Waals surface area contributed by atoms with E-state index in [0.29, 0.717) is 12.2 Å². The smallest absolute Gasteiger partial charge is 0.416 e. The summed E-state index contributed by atoms with van der Waals surface area (Å²) in [6.07, 6.45) is -1.84. The molecule has 1 aliphatic rings. The first kappa shape index (κ1) is 26.8. The van der Waals surface area contributed by atoms with Crippen LogP contribution >= 0.6 is 0 Å². The van der Waals surface area contributed by atoms with Gasteiger partial charge in [-0.05, 0) is 79.8 Å². The van der Waals surface area contributed by atoms with Gasteiger partial charge in [0, 0.05) is 18.6 Å². The molecule has 0 bridgehead atoms. The minimum Gasteiger partial charge on any atom is -0.486 e. The lowest BCUT2D eigenvalue weighted by Crippen LogP contribution is -2.49. The summed E-state index contributed by atoms with van der Waals surface area (Å²) in [4.78, 5) is 0. The Morgan fingerprint density at radius 1 is 1.03 bits per heavy atom. The van der Waals surface area contributed by atoms with Gasteiger partial charge in [-0.15, -0.1) is 0 Å². The second-order valence-corrected chi connectivity index (χ2v) is 15.7. The SMILES string of the molecule is Cc1ccccc1[C@@H](C[C@H]1C[C@@H](O[Si](C)(C)C(C)(C)C)CCN1)Oc1ccc(C(F)(F)F)cc1. The molecule has 34 heavy (non-hydrogen) atoms. The number of piperidine rings is 1. The van der Waals surface area contributed by atoms with Gasteiger partial charge in [0.15, 0.2) is 8.32 Å². The molecule has 0 unspecified atom stereocenters. The molecule has 0 radical (unpaired) electrons. The Balaban J connectivity index is 1.76. The van der Waals surface area contributed by atoms with Crippen molar-refractivity contribution in [2.24, 2.45) is 0 Å². The first-order valence-corrected chi connectivity index (χ1v) is 15.0. The average molecular weight is 494 g/mol. The van der Waals surface area contributed by atoms with Crippen molar-refractivity contribution in [1.29, 1.82) is 0 Å². The molecule has 0 amide bonds. The lowest BCUT2D eigenvalue weighted by Gasteiger charge is -2.42. The van der Waals surface area contributed by atoms with Crippen LogP contribution in [0.15, 0.2) is 48.5 Å². The van der Waals surface area contributed by atoms with E-state index in [2.05, 4.69) is 39.2 Å². The fraction of sp³-hybridized carbons (Fsp3) is 0.556.